The number of rotatable bonds is 6. The maximum Gasteiger partial charge on any atom is 0.326 e. The van der Waals surface area contributed by atoms with Gasteiger partial charge < -0.3 is 15.5 Å². The second-order valence-electron chi connectivity index (χ2n) is 4.62. The van der Waals surface area contributed by atoms with Crippen molar-refractivity contribution in [2.45, 2.75) is 32.7 Å². The van der Waals surface area contributed by atoms with Crippen molar-refractivity contribution >= 4 is 17.8 Å². The van der Waals surface area contributed by atoms with Crippen molar-refractivity contribution < 1.29 is 24.6 Å². The standard InChI is InChI=1S/C14H17NO5/c1-8-3-4-10(9(2)7-8)13(18)15-11(14(19)20)5-6-12(16)17/h3-4,7,11H,5-6H2,1-2H3,(H,15,18)(H,16,17)(H,19,20). The van der Waals surface area contributed by atoms with Crippen molar-refractivity contribution in [3.05, 3.63) is 34.9 Å². The molecule has 0 saturated carbocycles. The lowest BCUT2D eigenvalue weighted by Crippen LogP contribution is -2.41. The Morgan fingerprint density at radius 1 is 1.20 bits per heavy atom. The molecule has 1 aromatic carbocycles. The number of hydrogen-bond acceptors (Lipinski definition) is 3. The number of carbonyl (C=O) groups is 3. The van der Waals surface area contributed by atoms with Gasteiger partial charge in [-0.25, -0.2) is 4.79 Å². The molecule has 0 fully saturated rings. The number of carbonyl (C=O) groups excluding carboxylic acids is 1. The highest BCUT2D eigenvalue weighted by Gasteiger charge is 2.22. The molecule has 0 bridgehead atoms. The smallest absolute Gasteiger partial charge is 0.326 e. The Morgan fingerprint density at radius 3 is 2.35 bits per heavy atom. The second kappa shape index (κ2) is 6.70. The predicted molar refractivity (Wildman–Crippen MR) is 71.7 cm³/mol. The molecule has 0 radical (unpaired) electrons. The average Bonchev–Trinajstić information content (AvgIpc) is 2.33. The van der Waals surface area contributed by atoms with E-state index in [2.05, 4.69) is 5.32 Å². The molecule has 108 valence electrons. The zero-order valence-corrected chi connectivity index (χ0v) is 11.3. The van der Waals surface area contributed by atoms with Gasteiger partial charge in [-0.05, 0) is 31.9 Å². The summed E-state index contributed by atoms with van der Waals surface area (Å²) in [6.07, 6.45) is -0.467. The number of aryl methyl sites for hydroxylation is 2. The van der Waals surface area contributed by atoms with Gasteiger partial charge in [0.2, 0.25) is 0 Å². The van der Waals surface area contributed by atoms with Crippen LogP contribution in [0.2, 0.25) is 0 Å². The molecule has 0 heterocycles. The van der Waals surface area contributed by atoms with Crippen LogP contribution in [0.1, 0.15) is 34.3 Å². The lowest BCUT2D eigenvalue weighted by atomic mass is 10.0. The quantitative estimate of drug-likeness (QED) is 0.729. The largest absolute Gasteiger partial charge is 0.481 e. The Labute approximate surface area is 116 Å². The first-order valence-electron chi connectivity index (χ1n) is 6.14. The molecule has 1 atom stereocenters. The zero-order valence-electron chi connectivity index (χ0n) is 11.3. The van der Waals surface area contributed by atoms with Gasteiger partial charge in [0.25, 0.3) is 5.91 Å². The normalized spacial score (nSPS) is 11.7. The first-order valence-corrected chi connectivity index (χ1v) is 6.14. The van der Waals surface area contributed by atoms with Crippen LogP contribution in [0.4, 0.5) is 0 Å². The van der Waals surface area contributed by atoms with Crippen LogP contribution in [-0.4, -0.2) is 34.1 Å². The number of carboxylic acid groups (broad SMARTS) is 2. The monoisotopic (exact) mass is 279 g/mol. The van der Waals surface area contributed by atoms with Crippen molar-refractivity contribution in [3.8, 4) is 0 Å². The fraction of sp³-hybridized carbons (Fsp3) is 0.357. The van der Waals surface area contributed by atoms with Gasteiger partial charge in [0.05, 0.1) is 0 Å². The number of amides is 1. The van der Waals surface area contributed by atoms with Gasteiger partial charge in [-0.2, -0.15) is 0 Å². The fourth-order valence-electron chi connectivity index (χ4n) is 1.83. The van der Waals surface area contributed by atoms with E-state index in [0.717, 1.165) is 11.1 Å². The molecular weight excluding hydrogens is 262 g/mol. The molecule has 6 nitrogen and oxygen atoms in total. The molecule has 0 aliphatic carbocycles. The van der Waals surface area contributed by atoms with Crippen LogP contribution in [0.3, 0.4) is 0 Å². The fourth-order valence-corrected chi connectivity index (χ4v) is 1.83. The van der Waals surface area contributed by atoms with Crippen molar-refractivity contribution in [1.29, 1.82) is 0 Å². The number of benzene rings is 1. The van der Waals surface area contributed by atoms with Crippen LogP contribution in [-0.2, 0) is 9.59 Å². The Hall–Kier alpha value is -2.37. The minimum Gasteiger partial charge on any atom is -0.481 e. The van der Waals surface area contributed by atoms with Crippen molar-refractivity contribution in [2.24, 2.45) is 0 Å². The molecule has 1 unspecified atom stereocenters. The van der Waals surface area contributed by atoms with E-state index in [9.17, 15) is 14.4 Å². The van der Waals surface area contributed by atoms with Crippen LogP contribution in [0.25, 0.3) is 0 Å². The van der Waals surface area contributed by atoms with Gasteiger partial charge >= 0.3 is 11.9 Å². The predicted octanol–water partition coefficient (Wildman–Crippen LogP) is 1.35. The molecule has 0 aliphatic rings. The third-order valence-electron chi connectivity index (χ3n) is 2.88. The Morgan fingerprint density at radius 2 is 1.85 bits per heavy atom. The van der Waals surface area contributed by atoms with Gasteiger partial charge in [-0.1, -0.05) is 17.7 Å². The van der Waals surface area contributed by atoms with Crippen molar-refractivity contribution in [1.82, 2.24) is 5.32 Å². The van der Waals surface area contributed by atoms with E-state index in [1.54, 1.807) is 19.1 Å². The highest BCUT2D eigenvalue weighted by Crippen LogP contribution is 2.11. The van der Waals surface area contributed by atoms with E-state index >= 15 is 0 Å². The molecule has 20 heavy (non-hydrogen) atoms. The Balaban J connectivity index is 2.80. The molecule has 0 aliphatic heterocycles. The minimum atomic E-state index is -1.25. The molecule has 1 aromatic rings. The first kappa shape index (κ1) is 15.7. The van der Waals surface area contributed by atoms with E-state index < -0.39 is 23.9 Å². The summed E-state index contributed by atoms with van der Waals surface area (Å²) in [5, 5.41) is 19.9. The van der Waals surface area contributed by atoms with Crippen LogP contribution < -0.4 is 5.32 Å². The summed E-state index contributed by atoms with van der Waals surface area (Å²) in [6, 6.07) is 3.99. The molecule has 1 amide bonds. The van der Waals surface area contributed by atoms with E-state index in [-0.39, 0.29) is 12.8 Å². The SMILES string of the molecule is Cc1ccc(C(=O)NC(CCC(=O)O)C(=O)O)c(C)c1. The highest BCUT2D eigenvalue weighted by atomic mass is 16.4. The third-order valence-corrected chi connectivity index (χ3v) is 2.88. The molecule has 0 saturated heterocycles. The van der Waals surface area contributed by atoms with Crippen molar-refractivity contribution in [2.75, 3.05) is 0 Å². The minimum absolute atomic E-state index is 0.151. The van der Waals surface area contributed by atoms with Gasteiger partial charge in [0, 0.05) is 12.0 Å². The topological polar surface area (TPSA) is 104 Å². The summed E-state index contributed by atoms with van der Waals surface area (Å²) >= 11 is 0. The average molecular weight is 279 g/mol. The zero-order chi connectivity index (χ0) is 15.3. The van der Waals surface area contributed by atoms with Crippen molar-refractivity contribution in [3.63, 3.8) is 0 Å². The summed E-state index contributed by atoms with van der Waals surface area (Å²) < 4.78 is 0. The lowest BCUT2D eigenvalue weighted by Gasteiger charge is -2.14. The summed E-state index contributed by atoms with van der Waals surface area (Å²) in [6.45, 7) is 3.65. The maximum atomic E-state index is 12.0. The van der Waals surface area contributed by atoms with Gasteiger partial charge in [-0.15, -0.1) is 0 Å². The second-order valence-corrected chi connectivity index (χ2v) is 4.62. The summed E-state index contributed by atoms with van der Waals surface area (Å²) in [5.41, 5.74) is 2.13. The lowest BCUT2D eigenvalue weighted by molar-refractivity contribution is -0.140. The molecule has 1 rings (SSSR count). The van der Waals surface area contributed by atoms with E-state index in [4.69, 9.17) is 10.2 Å². The number of nitrogens with one attached hydrogen (secondary N) is 1. The molecule has 0 spiro atoms. The highest BCUT2D eigenvalue weighted by molar-refractivity contribution is 5.97. The molecule has 0 aromatic heterocycles. The van der Waals surface area contributed by atoms with Gasteiger partial charge in [-0.3, -0.25) is 9.59 Å². The maximum absolute atomic E-state index is 12.0. The summed E-state index contributed by atoms with van der Waals surface area (Å²) in [7, 11) is 0. The van der Waals surface area contributed by atoms with E-state index in [0.29, 0.717) is 5.56 Å². The number of aliphatic carboxylic acids is 2. The van der Waals surface area contributed by atoms with Crippen LogP contribution in [0.5, 0.6) is 0 Å². The first-order chi connectivity index (χ1) is 9.31. The Kier molecular flexibility index (Phi) is 5.25. The summed E-state index contributed by atoms with van der Waals surface area (Å²) in [4.78, 5) is 33.5. The van der Waals surface area contributed by atoms with Crippen LogP contribution in [0.15, 0.2) is 18.2 Å². The molecule has 3 N–H and O–H groups in total. The van der Waals surface area contributed by atoms with Crippen LogP contribution in [0, 0.1) is 13.8 Å². The summed E-state index contributed by atoms with van der Waals surface area (Å²) in [5.74, 6) is -2.86. The van der Waals surface area contributed by atoms with E-state index in [1.165, 1.54) is 0 Å². The number of hydrogen-bond donors (Lipinski definition) is 3. The molecular formula is C14H17NO5. The third kappa shape index (κ3) is 4.38. The van der Waals surface area contributed by atoms with Crippen LogP contribution >= 0.6 is 0 Å². The Bertz CT molecular complexity index is 538. The number of carboxylic acids is 2. The molecule has 6 heteroatoms. The van der Waals surface area contributed by atoms with Gasteiger partial charge in [0.15, 0.2) is 0 Å². The van der Waals surface area contributed by atoms with E-state index in [1.807, 2.05) is 13.0 Å². The van der Waals surface area contributed by atoms with Gasteiger partial charge in [0.1, 0.15) is 6.04 Å².